The topological polar surface area (TPSA) is 78.0 Å². The van der Waals surface area contributed by atoms with Gasteiger partial charge in [-0.3, -0.25) is 9.89 Å². The lowest BCUT2D eigenvalue weighted by molar-refractivity contribution is 0.0952. The Morgan fingerprint density at radius 3 is 2.79 bits per heavy atom. The first-order chi connectivity index (χ1) is 9.22. The fourth-order valence-corrected chi connectivity index (χ4v) is 1.67. The molecule has 0 bridgehead atoms. The van der Waals surface area contributed by atoms with Crippen LogP contribution in [0.2, 0.25) is 0 Å². The second-order valence-electron chi connectivity index (χ2n) is 4.00. The second kappa shape index (κ2) is 6.10. The monoisotopic (exact) mass is 263 g/mol. The van der Waals surface area contributed by atoms with Gasteiger partial charge in [0, 0.05) is 18.7 Å². The summed E-state index contributed by atoms with van der Waals surface area (Å²) in [5.74, 6) is -0.612. The number of benzene rings is 1. The molecule has 5 nitrogen and oxygen atoms in total. The Morgan fingerprint density at radius 1 is 1.37 bits per heavy atom. The summed E-state index contributed by atoms with van der Waals surface area (Å²) in [6.07, 6.45) is 1.92. The molecule has 19 heavy (non-hydrogen) atoms. The Morgan fingerprint density at radius 2 is 2.11 bits per heavy atom. The molecule has 1 aromatic heterocycles. The summed E-state index contributed by atoms with van der Waals surface area (Å²) in [6.45, 7) is 0.417. The van der Waals surface area contributed by atoms with Gasteiger partial charge in [0.05, 0.1) is 17.5 Å². The third kappa shape index (κ3) is 3.17. The number of nitrogens with one attached hydrogen (secondary N) is 2. The highest BCUT2D eigenvalue weighted by molar-refractivity contribution is 5.99. The van der Waals surface area contributed by atoms with Crippen molar-refractivity contribution in [2.45, 2.75) is 6.42 Å². The van der Waals surface area contributed by atoms with E-state index in [1.807, 2.05) is 0 Å². The zero-order valence-electron chi connectivity index (χ0n) is 10.2. The number of carbonyl (C=O) groups excluding carboxylic acids is 1. The number of halogens is 1. The Kier molecular flexibility index (Phi) is 4.25. The highest BCUT2D eigenvalue weighted by Crippen LogP contribution is 2.21. The van der Waals surface area contributed by atoms with Crippen LogP contribution in [0.1, 0.15) is 16.8 Å². The van der Waals surface area contributed by atoms with Crippen LogP contribution in [-0.4, -0.2) is 34.4 Å². The van der Waals surface area contributed by atoms with Gasteiger partial charge in [-0.1, -0.05) is 0 Å². The van der Waals surface area contributed by atoms with Crippen molar-refractivity contribution >= 4 is 5.91 Å². The Bertz CT molecular complexity index is 551. The molecule has 0 aliphatic heterocycles. The van der Waals surface area contributed by atoms with Crippen LogP contribution in [0.5, 0.6) is 0 Å². The van der Waals surface area contributed by atoms with Crippen molar-refractivity contribution in [2.24, 2.45) is 0 Å². The maximum Gasteiger partial charge on any atom is 0.255 e. The smallest absolute Gasteiger partial charge is 0.255 e. The average Bonchev–Trinajstić information content (AvgIpc) is 2.89. The molecule has 2 aromatic rings. The van der Waals surface area contributed by atoms with Crippen LogP contribution in [0.4, 0.5) is 4.39 Å². The van der Waals surface area contributed by atoms with E-state index in [0.29, 0.717) is 29.8 Å². The molecule has 0 aliphatic rings. The normalized spacial score (nSPS) is 10.4. The number of aliphatic hydroxyl groups excluding tert-OH is 1. The van der Waals surface area contributed by atoms with Crippen molar-refractivity contribution in [3.63, 3.8) is 0 Å². The Hall–Kier alpha value is -2.21. The molecule has 6 heteroatoms. The van der Waals surface area contributed by atoms with E-state index in [1.54, 1.807) is 12.1 Å². The van der Waals surface area contributed by atoms with Crippen LogP contribution in [0, 0.1) is 5.82 Å². The van der Waals surface area contributed by atoms with Crippen molar-refractivity contribution < 1.29 is 14.3 Å². The third-order valence-electron chi connectivity index (χ3n) is 2.64. The molecular formula is C13H14FN3O2. The van der Waals surface area contributed by atoms with E-state index < -0.39 is 0 Å². The molecule has 1 amide bonds. The first kappa shape index (κ1) is 13.2. The van der Waals surface area contributed by atoms with Gasteiger partial charge in [-0.2, -0.15) is 5.10 Å². The number of aromatic nitrogens is 2. The SMILES string of the molecule is O=C(NCCCO)c1cn[nH]c1-c1ccc(F)cc1. The van der Waals surface area contributed by atoms with Crippen LogP contribution in [0.15, 0.2) is 30.5 Å². The van der Waals surface area contributed by atoms with Crippen LogP contribution in [0.3, 0.4) is 0 Å². The van der Waals surface area contributed by atoms with Gasteiger partial charge in [-0.25, -0.2) is 4.39 Å². The number of aliphatic hydroxyl groups is 1. The molecule has 0 unspecified atom stereocenters. The fraction of sp³-hybridized carbons (Fsp3) is 0.231. The highest BCUT2D eigenvalue weighted by Gasteiger charge is 2.14. The number of aromatic amines is 1. The van der Waals surface area contributed by atoms with Gasteiger partial charge in [0.25, 0.3) is 5.91 Å². The van der Waals surface area contributed by atoms with Crippen molar-refractivity contribution in [1.29, 1.82) is 0 Å². The van der Waals surface area contributed by atoms with Gasteiger partial charge in [0.2, 0.25) is 0 Å². The summed E-state index contributed by atoms with van der Waals surface area (Å²) >= 11 is 0. The summed E-state index contributed by atoms with van der Waals surface area (Å²) in [6, 6.07) is 5.80. The van der Waals surface area contributed by atoms with E-state index in [1.165, 1.54) is 18.3 Å². The molecule has 0 spiro atoms. The van der Waals surface area contributed by atoms with Crippen LogP contribution < -0.4 is 5.32 Å². The first-order valence-corrected chi connectivity index (χ1v) is 5.90. The number of nitrogens with zero attached hydrogens (tertiary/aromatic N) is 1. The lowest BCUT2D eigenvalue weighted by atomic mass is 10.1. The Labute approximate surface area is 109 Å². The van der Waals surface area contributed by atoms with E-state index in [4.69, 9.17) is 5.11 Å². The standard InChI is InChI=1S/C13H14FN3O2/c14-10-4-2-9(3-5-10)12-11(8-16-17-12)13(19)15-6-1-7-18/h2-5,8,18H,1,6-7H2,(H,15,19)(H,16,17). The number of amides is 1. The molecule has 100 valence electrons. The van der Waals surface area contributed by atoms with E-state index in [0.717, 1.165) is 0 Å². The van der Waals surface area contributed by atoms with Gasteiger partial charge in [-0.05, 0) is 30.7 Å². The predicted molar refractivity (Wildman–Crippen MR) is 68.0 cm³/mol. The van der Waals surface area contributed by atoms with Crippen LogP contribution >= 0.6 is 0 Å². The number of hydrogen-bond acceptors (Lipinski definition) is 3. The predicted octanol–water partition coefficient (Wildman–Crippen LogP) is 1.33. The summed E-state index contributed by atoms with van der Waals surface area (Å²) in [4.78, 5) is 11.9. The van der Waals surface area contributed by atoms with E-state index >= 15 is 0 Å². The molecule has 0 fully saturated rings. The number of carbonyl (C=O) groups is 1. The number of rotatable bonds is 5. The molecule has 3 N–H and O–H groups in total. The minimum atomic E-state index is -0.336. The molecule has 0 aliphatic carbocycles. The number of H-pyrrole nitrogens is 1. The van der Waals surface area contributed by atoms with E-state index in [9.17, 15) is 9.18 Å². The maximum absolute atomic E-state index is 12.9. The Balaban J connectivity index is 2.17. The molecular weight excluding hydrogens is 249 g/mol. The van der Waals surface area contributed by atoms with Crippen LogP contribution in [0.25, 0.3) is 11.3 Å². The van der Waals surface area contributed by atoms with Crippen molar-refractivity contribution in [3.05, 3.63) is 41.8 Å². The van der Waals surface area contributed by atoms with Crippen molar-refractivity contribution in [3.8, 4) is 11.3 Å². The zero-order chi connectivity index (χ0) is 13.7. The van der Waals surface area contributed by atoms with Gasteiger partial charge in [-0.15, -0.1) is 0 Å². The van der Waals surface area contributed by atoms with E-state index in [-0.39, 0.29) is 18.3 Å². The lowest BCUT2D eigenvalue weighted by Crippen LogP contribution is -2.25. The second-order valence-corrected chi connectivity index (χ2v) is 4.00. The average molecular weight is 263 g/mol. The first-order valence-electron chi connectivity index (χ1n) is 5.90. The van der Waals surface area contributed by atoms with Gasteiger partial charge in [0.1, 0.15) is 5.82 Å². The maximum atomic E-state index is 12.9. The number of hydrogen-bond donors (Lipinski definition) is 3. The van der Waals surface area contributed by atoms with Gasteiger partial charge >= 0.3 is 0 Å². The molecule has 0 saturated heterocycles. The third-order valence-corrected chi connectivity index (χ3v) is 2.64. The molecule has 0 atom stereocenters. The van der Waals surface area contributed by atoms with E-state index in [2.05, 4.69) is 15.5 Å². The quantitative estimate of drug-likeness (QED) is 0.712. The molecule has 1 aromatic carbocycles. The van der Waals surface area contributed by atoms with Gasteiger partial charge < -0.3 is 10.4 Å². The summed E-state index contributed by atoms with van der Waals surface area (Å²) in [7, 11) is 0. The van der Waals surface area contributed by atoms with Crippen molar-refractivity contribution in [1.82, 2.24) is 15.5 Å². The molecule has 0 radical (unpaired) electrons. The molecule has 0 saturated carbocycles. The molecule has 2 rings (SSSR count). The lowest BCUT2D eigenvalue weighted by Gasteiger charge is -2.05. The largest absolute Gasteiger partial charge is 0.396 e. The van der Waals surface area contributed by atoms with Crippen LogP contribution in [-0.2, 0) is 0 Å². The molecule has 1 heterocycles. The summed E-state index contributed by atoms with van der Waals surface area (Å²) < 4.78 is 12.9. The minimum absolute atomic E-state index is 0.0243. The highest BCUT2D eigenvalue weighted by atomic mass is 19.1. The van der Waals surface area contributed by atoms with Gasteiger partial charge in [0.15, 0.2) is 0 Å². The minimum Gasteiger partial charge on any atom is -0.396 e. The summed E-state index contributed by atoms with van der Waals surface area (Å²) in [5, 5.41) is 17.9. The fourth-order valence-electron chi connectivity index (χ4n) is 1.67. The zero-order valence-corrected chi connectivity index (χ0v) is 10.2. The van der Waals surface area contributed by atoms with Crippen molar-refractivity contribution in [2.75, 3.05) is 13.2 Å². The summed E-state index contributed by atoms with van der Waals surface area (Å²) in [5.41, 5.74) is 1.62.